The number of alkyl halides is 1. The Labute approximate surface area is 210 Å². The number of aryl methyl sites for hydroxylation is 1. The standard InChI is InChI=1S/C28H34FN3O2S/c1-7-9-21(17-28(5,29)14-12-19(3)4)34-25-11-10-20(31-35-8-2)16-23(25)24-18-32(6)27(33)26-22(24)13-15-30-26/h7,9-19,30-31H,8H2,1-6H3/b9-7-,14-12+,21-17+. The summed E-state index contributed by atoms with van der Waals surface area (Å²) in [6.07, 6.45) is 12.0. The van der Waals surface area contributed by atoms with Crippen molar-refractivity contribution < 1.29 is 9.13 Å². The predicted octanol–water partition coefficient (Wildman–Crippen LogP) is 7.39. The molecule has 0 amide bonds. The molecule has 5 nitrogen and oxygen atoms in total. The van der Waals surface area contributed by atoms with E-state index < -0.39 is 5.67 Å². The molecule has 3 rings (SSSR count). The first-order valence-corrected chi connectivity index (χ1v) is 12.7. The van der Waals surface area contributed by atoms with Crippen LogP contribution in [0.25, 0.3) is 22.0 Å². The van der Waals surface area contributed by atoms with Gasteiger partial charge >= 0.3 is 0 Å². The van der Waals surface area contributed by atoms with Gasteiger partial charge in [0.15, 0.2) is 0 Å². The molecular weight excluding hydrogens is 461 g/mol. The Morgan fingerprint density at radius 1 is 1.31 bits per heavy atom. The van der Waals surface area contributed by atoms with E-state index in [0.717, 1.165) is 28.0 Å². The van der Waals surface area contributed by atoms with Crippen molar-refractivity contribution in [3.05, 3.63) is 83.2 Å². The molecule has 0 saturated heterocycles. The molecule has 0 aliphatic heterocycles. The molecule has 2 heterocycles. The monoisotopic (exact) mass is 495 g/mol. The number of H-pyrrole nitrogens is 1. The third-order valence-electron chi connectivity index (χ3n) is 5.29. The summed E-state index contributed by atoms with van der Waals surface area (Å²) in [7, 11) is 1.72. The number of rotatable bonds is 10. The predicted molar refractivity (Wildman–Crippen MR) is 148 cm³/mol. The Balaban J connectivity index is 2.15. The first-order valence-electron chi connectivity index (χ1n) is 11.8. The van der Waals surface area contributed by atoms with E-state index in [2.05, 4.69) is 16.6 Å². The maximum atomic E-state index is 15.3. The van der Waals surface area contributed by atoms with E-state index in [-0.39, 0.29) is 11.5 Å². The minimum Gasteiger partial charge on any atom is -0.457 e. The van der Waals surface area contributed by atoms with Crippen molar-refractivity contribution in [2.75, 3.05) is 10.5 Å². The SMILES string of the molecule is C/C=C\C(=C/C(C)(F)/C=C/C(C)C)Oc1ccc(NSCC)cc1-c1cn(C)c(=O)c2[nH]ccc12. The maximum Gasteiger partial charge on any atom is 0.274 e. The van der Waals surface area contributed by atoms with Crippen molar-refractivity contribution in [1.82, 2.24) is 9.55 Å². The Morgan fingerprint density at radius 3 is 2.77 bits per heavy atom. The number of aromatic amines is 1. The molecule has 186 valence electrons. The van der Waals surface area contributed by atoms with Gasteiger partial charge in [-0.3, -0.25) is 4.79 Å². The third-order valence-corrected chi connectivity index (χ3v) is 5.96. The molecule has 0 saturated carbocycles. The van der Waals surface area contributed by atoms with Crippen LogP contribution in [-0.2, 0) is 7.05 Å². The molecule has 3 aromatic rings. The quantitative estimate of drug-likeness (QED) is 0.133. The van der Waals surface area contributed by atoms with Crippen LogP contribution >= 0.6 is 11.9 Å². The van der Waals surface area contributed by atoms with Crippen molar-refractivity contribution in [1.29, 1.82) is 0 Å². The minimum atomic E-state index is -1.68. The van der Waals surface area contributed by atoms with Crippen molar-refractivity contribution >= 4 is 28.5 Å². The number of allylic oxidation sites excluding steroid dienone is 5. The van der Waals surface area contributed by atoms with Crippen LogP contribution in [-0.4, -0.2) is 21.0 Å². The number of nitrogens with zero attached hydrogens (tertiary/aromatic N) is 1. The van der Waals surface area contributed by atoms with Crippen molar-refractivity contribution in [2.45, 2.75) is 40.3 Å². The molecule has 2 aromatic heterocycles. The van der Waals surface area contributed by atoms with E-state index in [1.54, 1.807) is 48.1 Å². The number of hydrogen-bond acceptors (Lipinski definition) is 4. The molecule has 1 unspecified atom stereocenters. The van der Waals surface area contributed by atoms with E-state index in [0.29, 0.717) is 17.0 Å². The molecule has 0 bridgehead atoms. The van der Waals surface area contributed by atoms with Gasteiger partial charge in [-0.15, -0.1) is 0 Å². The summed E-state index contributed by atoms with van der Waals surface area (Å²) < 4.78 is 26.5. The number of halogens is 1. The minimum absolute atomic E-state index is 0.105. The first-order chi connectivity index (χ1) is 16.6. The number of aromatic nitrogens is 2. The van der Waals surface area contributed by atoms with E-state index in [1.807, 2.05) is 57.2 Å². The fourth-order valence-electron chi connectivity index (χ4n) is 3.64. The molecule has 7 heteroatoms. The lowest BCUT2D eigenvalue weighted by atomic mass is 10.0. The van der Waals surface area contributed by atoms with Gasteiger partial charge < -0.3 is 19.0 Å². The fraction of sp³-hybridized carbons (Fsp3) is 0.321. The van der Waals surface area contributed by atoms with E-state index >= 15 is 4.39 Å². The number of fused-ring (bicyclic) bond motifs is 1. The van der Waals surface area contributed by atoms with Crippen molar-refractivity contribution in [3.8, 4) is 16.9 Å². The first kappa shape index (κ1) is 26.4. The van der Waals surface area contributed by atoms with Crippen LogP contribution in [0.15, 0.2) is 77.6 Å². The highest BCUT2D eigenvalue weighted by Crippen LogP contribution is 2.38. The van der Waals surface area contributed by atoms with Gasteiger partial charge in [-0.25, -0.2) is 4.39 Å². The van der Waals surface area contributed by atoms with Gasteiger partial charge in [-0.2, -0.15) is 0 Å². The molecule has 0 aliphatic rings. The van der Waals surface area contributed by atoms with E-state index in [9.17, 15) is 4.79 Å². The smallest absolute Gasteiger partial charge is 0.274 e. The Kier molecular flexibility index (Phi) is 8.67. The molecule has 1 atom stereocenters. The number of pyridine rings is 1. The van der Waals surface area contributed by atoms with Crippen molar-refractivity contribution in [2.24, 2.45) is 13.0 Å². The van der Waals surface area contributed by atoms with Gasteiger partial charge in [-0.05, 0) is 62.3 Å². The summed E-state index contributed by atoms with van der Waals surface area (Å²) in [4.78, 5) is 15.7. The van der Waals surface area contributed by atoms with Gasteiger partial charge in [0.25, 0.3) is 5.56 Å². The zero-order valence-corrected chi connectivity index (χ0v) is 22.0. The zero-order chi connectivity index (χ0) is 25.6. The van der Waals surface area contributed by atoms with E-state index in [1.165, 1.54) is 13.0 Å². The van der Waals surface area contributed by atoms with Crippen LogP contribution in [0, 0.1) is 5.92 Å². The van der Waals surface area contributed by atoms with E-state index in [4.69, 9.17) is 4.74 Å². The molecule has 0 aliphatic carbocycles. The van der Waals surface area contributed by atoms with Crippen LogP contribution < -0.4 is 15.0 Å². The summed E-state index contributed by atoms with van der Waals surface area (Å²) in [6, 6.07) is 7.67. The molecular formula is C28H34FN3O2S. The Bertz CT molecular complexity index is 1320. The van der Waals surface area contributed by atoms with Crippen LogP contribution in [0.4, 0.5) is 10.1 Å². The number of hydrogen-bond donors (Lipinski definition) is 2. The topological polar surface area (TPSA) is 59.0 Å². The van der Waals surface area contributed by atoms with Gasteiger partial charge in [0.2, 0.25) is 0 Å². The molecule has 1 aromatic carbocycles. The number of nitrogens with one attached hydrogen (secondary N) is 2. The average molecular weight is 496 g/mol. The lowest BCUT2D eigenvalue weighted by Gasteiger charge is -2.18. The second-order valence-electron chi connectivity index (χ2n) is 8.87. The highest BCUT2D eigenvalue weighted by molar-refractivity contribution is 8.00. The molecule has 0 fully saturated rings. The normalized spacial score (nSPS) is 14.3. The van der Waals surface area contributed by atoms with Crippen molar-refractivity contribution in [3.63, 3.8) is 0 Å². The largest absolute Gasteiger partial charge is 0.457 e. The highest BCUT2D eigenvalue weighted by atomic mass is 32.2. The number of anilines is 1. The summed E-state index contributed by atoms with van der Waals surface area (Å²) in [6.45, 7) is 9.46. The second-order valence-corrected chi connectivity index (χ2v) is 9.94. The lowest BCUT2D eigenvalue weighted by molar-refractivity contribution is 0.315. The zero-order valence-electron chi connectivity index (χ0n) is 21.2. The average Bonchev–Trinajstić information content (AvgIpc) is 3.30. The van der Waals surface area contributed by atoms with Gasteiger partial charge in [0.05, 0.1) is 0 Å². The number of ether oxygens (including phenoxy) is 1. The Morgan fingerprint density at radius 2 is 2.09 bits per heavy atom. The fourth-order valence-corrected chi connectivity index (χ4v) is 4.08. The molecule has 0 radical (unpaired) electrons. The third kappa shape index (κ3) is 6.69. The summed E-state index contributed by atoms with van der Waals surface area (Å²) in [5, 5.41) is 0.796. The summed E-state index contributed by atoms with van der Waals surface area (Å²) in [5.74, 6) is 2.10. The molecule has 0 spiro atoms. The summed E-state index contributed by atoms with van der Waals surface area (Å²) >= 11 is 1.59. The van der Waals surface area contributed by atoms with Gasteiger partial charge in [0, 0.05) is 47.4 Å². The Hall–Kier alpha value is -3.19. The molecule has 35 heavy (non-hydrogen) atoms. The van der Waals surface area contributed by atoms with Crippen LogP contribution in [0.2, 0.25) is 0 Å². The maximum absolute atomic E-state index is 15.3. The second kappa shape index (κ2) is 11.5. The molecule has 2 N–H and O–H groups in total. The highest BCUT2D eigenvalue weighted by Gasteiger charge is 2.20. The van der Waals surface area contributed by atoms with Crippen LogP contribution in [0.5, 0.6) is 5.75 Å². The number of benzene rings is 1. The lowest BCUT2D eigenvalue weighted by Crippen LogP contribution is -2.16. The van der Waals surface area contributed by atoms with Crippen LogP contribution in [0.1, 0.15) is 34.6 Å². The van der Waals surface area contributed by atoms with Gasteiger partial charge in [-0.1, -0.05) is 44.9 Å². The van der Waals surface area contributed by atoms with Gasteiger partial charge in [0.1, 0.15) is 22.7 Å². The summed E-state index contributed by atoms with van der Waals surface area (Å²) in [5.41, 5.74) is 1.28. The van der Waals surface area contributed by atoms with Crippen LogP contribution in [0.3, 0.4) is 0 Å².